The second-order valence-electron chi connectivity index (χ2n) is 19.9. The van der Waals surface area contributed by atoms with E-state index < -0.39 is 155 Å². The van der Waals surface area contributed by atoms with Gasteiger partial charge in [-0.1, -0.05) is 89.9 Å². The fraction of sp³-hybridized carbons (Fsp3) is 1.00. The molecule has 0 aromatic rings. The SMILES string of the molecule is C[C@H](O[C@H]1OC(CO)[C@@H](O)C(O)C1O)C(CO)O[C@@H](OCC(CCCC1CCCCC1)(CCCC1CCCCC1)CO[C@@H]1OC(CO)[C@@H](O[C@@H]2OC(CO)[C@@H](O)[C@H](O)C2O)[C@H](O)C1O)[C@@H](O)CO. The summed E-state index contributed by atoms with van der Waals surface area (Å²) in [5, 5.41) is 147. The number of aliphatic hydroxyl groups excluding tert-OH is 14. The highest BCUT2D eigenvalue weighted by molar-refractivity contribution is 4.95. The summed E-state index contributed by atoms with van der Waals surface area (Å²) in [5.41, 5.74) is -0.875. The number of ether oxygens (including phenoxy) is 8. The minimum Gasteiger partial charge on any atom is -0.394 e. The molecule has 2 aliphatic carbocycles. The van der Waals surface area contributed by atoms with Crippen LogP contribution >= 0.6 is 0 Å². The average molecular weight is 989 g/mol. The van der Waals surface area contributed by atoms with Crippen molar-refractivity contribution in [2.75, 3.05) is 46.2 Å². The molecule has 0 aromatic carbocycles. The molecule has 0 amide bonds. The van der Waals surface area contributed by atoms with E-state index in [-0.39, 0.29) is 13.2 Å². The van der Waals surface area contributed by atoms with Crippen LogP contribution in [0.5, 0.6) is 0 Å². The molecule has 8 unspecified atom stereocenters. The third-order valence-corrected chi connectivity index (χ3v) is 14.9. The molecule has 400 valence electrons. The van der Waals surface area contributed by atoms with Gasteiger partial charge < -0.3 is 109 Å². The molecule has 14 N–H and O–H groups in total. The van der Waals surface area contributed by atoms with Crippen molar-refractivity contribution < 1.29 is 109 Å². The van der Waals surface area contributed by atoms with Crippen LogP contribution in [-0.2, 0) is 37.9 Å². The third kappa shape index (κ3) is 15.6. The smallest absolute Gasteiger partial charge is 0.187 e. The van der Waals surface area contributed by atoms with E-state index in [4.69, 9.17) is 37.9 Å². The van der Waals surface area contributed by atoms with Crippen molar-refractivity contribution in [3.63, 3.8) is 0 Å². The summed E-state index contributed by atoms with van der Waals surface area (Å²) in [7, 11) is 0. The minimum absolute atomic E-state index is 0.130. The van der Waals surface area contributed by atoms with Crippen LogP contribution in [0.2, 0.25) is 0 Å². The summed E-state index contributed by atoms with van der Waals surface area (Å²) in [4.78, 5) is 0. The molecule has 0 radical (unpaired) electrons. The lowest BCUT2D eigenvalue weighted by Gasteiger charge is -2.46. The predicted molar refractivity (Wildman–Crippen MR) is 235 cm³/mol. The summed E-state index contributed by atoms with van der Waals surface area (Å²) in [5.74, 6) is 1.05. The van der Waals surface area contributed by atoms with Crippen molar-refractivity contribution in [2.45, 2.75) is 226 Å². The second-order valence-corrected chi connectivity index (χ2v) is 19.9. The molecule has 22 heteroatoms. The van der Waals surface area contributed by atoms with Crippen LogP contribution in [0, 0.1) is 17.3 Å². The Morgan fingerprint density at radius 2 is 1.03 bits per heavy atom. The van der Waals surface area contributed by atoms with Gasteiger partial charge >= 0.3 is 0 Å². The van der Waals surface area contributed by atoms with Crippen LogP contribution in [-0.4, -0.2) is 234 Å². The highest BCUT2D eigenvalue weighted by atomic mass is 16.8. The van der Waals surface area contributed by atoms with Crippen molar-refractivity contribution in [2.24, 2.45) is 17.3 Å². The van der Waals surface area contributed by atoms with E-state index in [9.17, 15) is 71.5 Å². The van der Waals surface area contributed by atoms with E-state index in [1.165, 1.54) is 19.8 Å². The number of hydrogen-bond donors (Lipinski definition) is 14. The molecule has 0 bridgehead atoms. The maximum atomic E-state index is 11.5. The number of hydrogen-bond acceptors (Lipinski definition) is 22. The first kappa shape index (κ1) is 58.0. The van der Waals surface area contributed by atoms with Gasteiger partial charge in [-0.3, -0.25) is 0 Å². The van der Waals surface area contributed by atoms with E-state index in [0.717, 1.165) is 77.0 Å². The van der Waals surface area contributed by atoms with Gasteiger partial charge in [0, 0.05) is 5.41 Å². The minimum atomic E-state index is -1.84. The zero-order valence-corrected chi connectivity index (χ0v) is 39.4. The fourth-order valence-electron chi connectivity index (χ4n) is 10.4. The zero-order chi connectivity index (χ0) is 49.5. The molecule has 2 saturated carbocycles. The van der Waals surface area contributed by atoms with Gasteiger partial charge in [-0.25, -0.2) is 0 Å². The van der Waals surface area contributed by atoms with Crippen molar-refractivity contribution in [1.82, 2.24) is 0 Å². The van der Waals surface area contributed by atoms with E-state index in [1.54, 1.807) is 0 Å². The van der Waals surface area contributed by atoms with Gasteiger partial charge in [0.25, 0.3) is 0 Å². The summed E-state index contributed by atoms with van der Waals surface area (Å²) in [6.45, 7) is -2.52. The van der Waals surface area contributed by atoms with Crippen molar-refractivity contribution in [3.8, 4) is 0 Å². The molecule has 68 heavy (non-hydrogen) atoms. The van der Waals surface area contributed by atoms with Crippen LogP contribution in [0.15, 0.2) is 0 Å². The van der Waals surface area contributed by atoms with Gasteiger partial charge in [0.1, 0.15) is 85.5 Å². The van der Waals surface area contributed by atoms with Crippen molar-refractivity contribution in [3.05, 3.63) is 0 Å². The molecule has 3 saturated heterocycles. The Morgan fingerprint density at radius 3 is 1.53 bits per heavy atom. The highest BCUT2D eigenvalue weighted by Gasteiger charge is 2.52. The van der Waals surface area contributed by atoms with Crippen LogP contribution in [0.25, 0.3) is 0 Å². The zero-order valence-electron chi connectivity index (χ0n) is 39.4. The largest absolute Gasteiger partial charge is 0.394 e. The number of rotatable bonds is 27. The normalized spacial score (nSPS) is 37.7. The molecule has 0 spiro atoms. The van der Waals surface area contributed by atoms with Crippen LogP contribution in [0.1, 0.15) is 110 Å². The van der Waals surface area contributed by atoms with Crippen LogP contribution in [0.4, 0.5) is 0 Å². The molecular weight excluding hydrogens is 904 g/mol. The van der Waals surface area contributed by atoms with Gasteiger partial charge in [0.2, 0.25) is 0 Å². The third-order valence-electron chi connectivity index (χ3n) is 14.9. The lowest BCUT2D eigenvalue weighted by atomic mass is 9.76. The highest BCUT2D eigenvalue weighted by Crippen LogP contribution is 2.39. The second kappa shape index (κ2) is 28.5. The van der Waals surface area contributed by atoms with Gasteiger partial charge in [-0.2, -0.15) is 0 Å². The molecule has 3 aliphatic heterocycles. The summed E-state index contributed by atoms with van der Waals surface area (Å²) >= 11 is 0. The van der Waals surface area contributed by atoms with Gasteiger partial charge in [-0.15, -0.1) is 0 Å². The first-order valence-corrected chi connectivity index (χ1v) is 24.9. The van der Waals surface area contributed by atoms with Crippen LogP contribution in [0.3, 0.4) is 0 Å². The fourth-order valence-corrected chi connectivity index (χ4v) is 10.4. The van der Waals surface area contributed by atoms with E-state index in [2.05, 4.69) is 0 Å². The standard InChI is InChI=1S/C46H84O22/c1-25(63-44-38(58)35(55)33(53)30(20-49)65-44)29(19-48)64-42(28(52)18-47)61-23-46(16-8-14-26-10-4-2-5-11-26,17-9-15-27-12-6-3-7-13-27)24-62-43-40(60)37(57)41(32(22-51)67-43)68-45-39(59)36(56)34(54)31(21-50)66-45/h25-45,47-60H,2-24H2,1H3/t25-,28-,29?,30?,31?,32?,33+,34+,35?,36-,37+,38?,39?,40?,41+,42+,43+,44-,45-/m0/s1. The quantitative estimate of drug-likeness (QED) is 0.0375. The van der Waals surface area contributed by atoms with Crippen molar-refractivity contribution >= 4 is 0 Å². The van der Waals surface area contributed by atoms with E-state index in [1.807, 2.05) is 0 Å². The monoisotopic (exact) mass is 989 g/mol. The van der Waals surface area contributed by atoms with Crippen molar-refractivity contribution in [1.29, 1.82) is 0 Å². The number of aliphatic hydroxyl groups is 14. The molecule has 5 fully saturated rings. The summed E-state index contributed by atoms with van der Waals surface area (Å²) < 4.78 is 47.4. The molecule has 5 rings (SSSR count). The maximum Gasteiger partial charge on any atom is 0.187 e. The lowest BCUT2D eigenvalue weighted by Crippen LogP contribution is -2.64. The Balaban J connectivity index is 1.36. The van der Waals surface area contributed by atoms with E-state index >= 15 is 0 Å². The van der Waals surface area contributed by atoms with Crippen LogP contribution < -0.4 is 0 Å². The predicted octanol–water partition coefficient (Wildman–Crippen LogP) is -2.61. The topological polar surface area (TPSA) is 357 Å². The Kier molecular flexibility index (Phi) is 24.3. The average Bonchev–Trinajstić information content (AvgIpc) is 3.35. The Labute approximate surface area is 398 Å². The molecule has 5 aliphatic rings. The lowest BCUT2D eigenvalue weighted by molar-refractivity contribution is -0.361. The van der Waals surface area contributed by atoms with Gasteiger partial charge in [0.05, 0.1) is 52.4 Å². The maximum absolute atomic E-state index is 11.5. The first-order chi connectivity index (χ1) is 32.6. The summed E-state index contributed by atoms with van der Waals surface area (Å²) in [6.07, 6.45) is -14.1. The Hall–Kier alpha value is -0.880. The summed E-state index contributed by atoms with van der Waals surface area (Å²) in [6, 6.07) is 0. The van der Waals surface area contributed by atoms with E-state index in [0.29, 0.717) is 24.7 Å². The Morgan fingerprint density at radius 1 is 0.544 bits per heavy atom. The van der Waals surface area contributed by atoms with Gasteiger partial charge in [-0.05, 0) is 31.6 Å². The van der Waals surface area contributed by atoms with Gasteiger partial charge in [0.15, 0.2) is 25.2 Å². The Bertz CT molecular complexity index is 1350. The first-order valence-electron chi connectivity index (χ1n) is 24.9. The molecule has 19 atom stereocenters. The molecule has 0 aromatic heterocycles. The molecular formula is C46H84O22. The molecule has 3 heterocycles. The molecule has 22 nitrogen and oxygen atoms in total.